The first kappa shape index (κ1) is 109. The molecule has 25 rings (SSSR count). The number of fused-ring (bicyclic) bond motifs is 12. The summed E-state index contributed by atoms with van der Waals surface area (Å²) in [5.41, 5.74) is 28.7. The van der Waals surface area contributed by atoms with E-state index in [1.54, 1.807) is 71.1 Å². The highest BCUT2D eigenvalue weighted by Crippen LogP contribution is 2.34. The summed E-state index contributed by atoms with van der Waals surface area (Å²) in [6.45, 7) is 29.1. The Morgan fingerprint density at radius 3 is 1.59 bits per heavy atom. The van der Waals surface area contributed by atoms with Crippen molar-refractivity contribution in [3.63, 3.8) is 0 Å². The van der Waals surface area contributed by atoms with Crippen LogP contribution in [0.3, 0.4) is 0 Å². The molecule has 17 aromatic heterocycles. The number of hydrogen-bond acceptors (Lipinski definition) is 14. The van der Waals surface area contributed by atoms with E-state index >= 15 is 0 Å². The van der Waals surface area contributed by atoms with E-state index in [4.69, 9.17) is 150 Å². The van der Waals surface area contributed by atoms with E-state index in [2.05, 4.69) is 197 Å². The third-order valence-electron chi connectivity index (χ3n) is 21.3. The molecule has 0 atom stereocenters. The fraction of sp³-hybridized carbons (Fsp3) is 0.135. The molecule has 0 radical (unpaired) electrons. The number of nitrogens with two attached hydrogens (primary N) is 1. The average molecular weight is 2210 g/mol. The van der Waals surface area contributed by atoms with E-state index in [0.717, 1.165) is 159 Å². The fourth-order valence-electron chi connectivity index (χ4n) is 14.5. The van der Waals surface area contributed by atoms with Crippen LogP contribution in [0.5, 0.6) is 0 Å². The molecule has 24 aromatic rings. The zero-order chi connectivity index (χ0) is 102. The van der Waals surface area contributed by atoms with Crippen molar-refractivity contribution in [1.82, 2.24) is 64.8 Å². The second-order valence-electron chi connectivity index (χ2n) is 33.3. The summed E-state index contributed by atoms with van der Waals surface area (Å²) in [4.78, 5) is 58.9. The highest BCUT2D eigenvalue weighted by atomic mass is 35.5. The van der Waals surface area contributed by atoms with Gasteiger partial charge in [-0.3, -0.25) is 15.0 Å². The van der Waals surface area contributed by atoms with Gasteiger partial charge in [0.15, 0.2) is 5.84 Å². The van der Waals surface area contributed by atoms with Gasteiger partial charge in [-0.2, -0.15) is 0 Å². The maximum Gasteiger partial charge on any atom is 0.170 e. The standard InChI is InChI=1S/2C10H8ClN.C10H11N.2C9H8ClN.C9H7ClS.C9H10N2O.3C8H7ClN2.2C8H6ClNS.C5H4Cl2S/c1-7-2-4-9-8(6-7)3-5-10(11)12-9;1-7-4-8-2-3-9(11)5-10(8)12-6-7;1-7-3-4-9-8(2)6-11-10(9)5-7;1-6-4-7-5-8(10)2-3-9(7)11-6;1-6-2-3-7-8(10)5-11-9(7)4-6;1-6-4-7-2-3-8(10)5-9(7)11-6;1-6-2-3-8-7(4-6)5-12-11-9(8)10;1-5-2-8-6(3-10-5)7(9)4-11-8;1-5-2-6-3-7(9)4-10-8(6)11-5;1-5-2-3-6-7(9)4-10-8(6)11-5;1-5-2-7-8(11-5)3-6(9)4-10-7;1-5-4-6-2-3-7(9)10-8(6)11-5;1-3-4(6)2-5(7)8-3/h2*2-6H,1H3;3-6,11H,1-2H3;2*2-5,11H,1H3;2-5H,1H3;2-4H,5H2,1H3,(H2,10,11);2-4,11H,1H3;2*2-4H,1H3,(H,10,11);2*2-4H,1H3;2H,1H3. The molecule has 8 N–H and O–H groups in total. The van der Waals surface area contributed by atoms with Gasteiger partial charge >= 0.3 is 0 Å². The van der Waals surface area contributed by atoms with Gasteiger partial charge in [-0.15, -0.1) is 45.3 Å². The van der Waals surface area contributed by atoms with Crippen LogP contribution in [0, 0.1) is 96.9 Å². The van der Waals surface area contributed by atoms with E-state index in [9.17, 15) is 0 Å². The maximum atomic E-state index is 5.89. The largest absolute Gasteiger partial charge is 0.389 e. The number of aromatic nitrogens is 13. The molecule has 730 valence electrons. The normalized spacial score (nSPS) is 11.0. The lowest BCUT2D eigenvalue weighted by Crippen LogP contribution is -2.19. The predicted molar refractivity (Wildman–Crippen MR) is 620 cm³/mol. The number of thiophene rings is 4. The molecular weight excluding hydrogens is 2110 g/mol. The molecule has 0 saturated heterocycles. The minimum absolute atomic E-state index is 0.469. The summed E-state index contributed by atoms with van der Waals surface area (Å²) < 4.78 is 3.19. The Balaban J connectivity index is 0.000000130. The van der Waals surface area contributed by atoms with Gasteiger partial charge in [-0.05, 0) is 288 Å². The van der Waals surface area contributed by atoms with Crippen LogP contribution in [-0.2, 0) is 11.4 Å². The molecule has 0 bridgehead atoms. The quantitative estimate of drug-likeness (QED) is 0.0715. The zero-order valence-electron chi connectivity index (χ0n) is 79.9. The van der Waals surface area contributed by atoms with E-state index in [-0.39, 0.29) is 0 Å². The lowest BCUT2D eigenvalue weighted by molar-refractivity contribution is 0.125. The van der Waals surface area contributed by atoms with Crippen molar-refractivity contribution in [2.75, 3.05) is 0 Å². The van der Waals surface area contributed by atoms with Crippen LogP contribution in [0.15, 0.2) is 279 Å². The Morgan fingerprint density at radius 2 is 0.853 bits per heavy atom. The zero-order valence-corrected chi connectivity index (χ0v) is 92.3. The van der Waals surface area contributed by atoms with Crippen LogP contribution in [0.1, 0.15) is 86.8 Å². The lowest BCUT2D eigenvalue weighted by Gasteiger charge is -2.13. The van der Waals surface area contributed by atoms with Gasteiger partial charge in [0.2, 0.25) is 0 Å². The summed E-state index contributed by atoms with van der Waals surface area (Å²) in [5.74, 6) is 0.469. The second kappa shape index (κ2) is 51.4. The van der Waals surface area contributed by atoms with Gasteiger partial charge in [0.1, 0.15) is 33.0 Å². The molecule has 0 unspecified atom stereocenters. The summed E-state index contributed by atoms with van der Waals surface area (Å²) in [5, 5.41) is 22.9. The monoisotopic (exact) mass is 2200 g/mol. The Hall–Kier alpha value is -11.3. The molecule has 0 aliphatic carbocycles. The van der Waals surface area contributed by atoms with E-state index in [1.165, 1.54) is 96.8 Å². The second-order valence-corrected chi connectivity index (χ2v) is 43.6. The van der Waals surface area contributed by atoms with Gasteiger partial charge < -0.3 is 40.5 Å². The third-order valence-corrected chi connectivity index (χ3v) is 28.4. The van der Waals surface area contributed by atoms with Crippen LogP contribution >= 0.6 is 185 Å². The van der Waals surface area contributed by atoms with Crippen molar-refractivity contribution in [2.45, 2.75) is 104 Å². The number of aromatic amines is 6. The number of aryl methyl sites for hydroxylation is 14. The van der Waals surface area contributed by atoms with Crippen LogP contribution in [0.2, 0.25) is 59.8 Å². The number of H-pyrrole nitrogens is 6. The van der Waals surface area contributed by atoms with Crippen molar-refractivity contribution in [3.8, 4) is 0 Å². The minimum atomic E-state index is 0.469. The van der Waals surface area contributed by atoms with Crippen LogP contribution in [-0.4, -0.2) is 70.6 Å². The number of pyridine rings is 7. The lowest BCUT2D eigenvalue weighted by atomic mass is 10.0. The number of rotatable bonds is 0. The number of oxime groups is 1. The molecule has 0 spiro atoms. The first-order valence-electron chi connectivity index (χ1n) is 44.4. The Bertz CT molecular complexity index is 7550. The van der Waals surface area contributed by atoms with Gasteiger partial charge in [0.25, 0.3) is 0 Å². The number of nitrogens with one attached hydrogen (secondary N) is 6. The number of benzene rings is 7. The molecule has 0 amide bonds. The van der Waals surface area contributed by atoms with Gasteiger partial charge in [0.05, 0.1) is 61.2 Å². The molecule has 143 heavy (non-hydrogen) atoms. The van der Waals surface area contributed by atoms with Crippen LogP contribution in [0.4, 0.5) is 0 Å². The molecular formula is C111H97Cl12N15OS4. The molecule has 0 fully saturated rings. The summed E-state index contributed by atoms with van der Waals surface area (Å²) >= 11 is 76.0. The third kappa shape index (κ3) is 31.8. The summed E-state index contributed by atoms with van der Waals surface area (Å²) in [6, 6.07) is 74.0. The SMILES string of the molecule is Cc1cc2[nH]cc(Cl)c2cn1.Cc1cc2cc(Cl)ccc2[nH]1.Cc1cc2cc(Cl)cnc2[nH]1.Cc1cc2ccc(Cl)cc2s1.Cc1cc2ccc(Cl)nc2s1.Cc1cc2ncc(Cl)cc2s1.Cc1ccc2c(C)c[nH]c2c1.Cc1ccc2c(Cl)c[nH]c2c1.Cc1ccc2c(Cl)c[nH]c2n1.Cc1ccc2c(c1)CON=C2N.Cc1ccc2nc(Cl)ccc2c1.Cc1cnc2cc(Cl)ccc2c1.Cc1sc(Cl)cc1Cl. The molecule has 18 heterocycles. The Morgan fingerprint density at radius 1 is 0.315 bits per heavy atom. The Labute approximate surface area is 904 Å². The van der Waals surface area contributed by atoms with Crippen molar-refractivity contribution >= 4 is 308 Å². The van der Waals surface area contributed by atoms with Crippen LogP contribution < -0.4 is 5.73 Å². The molecule has 0 saturated carbocycles. The van der Waals surface area contributed by atoms with Crippen LogP contribution in [0.25, 0.3) is 118 Å². The number of nitrogens with zero attached hydrogens (tertiary/aromatic N) is 8. The first-order valence-corrected chi connectivity index (χ1v) is 52.2. The molecule has 1 aliphatic rings. The summed E-state index contributed by atoms with van der Waals surface area (Å²) in [7, 11) is 0. The maximum absolute atomic E-state index is 5.89. The number of halogens is 12. The molecule has 7 aromatic carbocycles. The highest BCUT2D eigenvalue weighted by Gasteiger charge is 2.14. The summed E-state index contributed by atoms with van der Waals surface area (Å²) in [6.07, 6.45) is 14.3. The van der Waals surface area contributed by atoms with E-state index in [0.29, 0.717) is 32.8 Å². The van der Waals surface area contributed by atoms with E-state index in [1.807, 2.05) is 207 Å². The minimum Gasteiger partial charge on any atom is -0.389 e. The number of hydrogen-bond donors (Lipinski definition) is 7. The first-order chi connectivity index (χ1) is 68.3. The predicted octanol–water partition coefficient (Wildman–Crippen LogP) is 37.9. The molecule has 32 heteroatoms. The van der Waals surface area contributed by atoms with Crippen molar-refractivity contribution in [3.05, 3.63) is 421 Å². The van der Waals surface area contributed by atoms with Crippen molar-refractivity contribution < 1.29 is 4.84 Å². The van der Waals surface area contributed by atoms with Gasteiger partial charge in [0, 0.05) is 188 Å². The van der Waals surface area contributed by atoms with Gasteiger partial charge in [-0.1, -0.05) is 216 Å². The average Bonchev–Trinajstić information content (AvgIpc) is 1.67. The molecule has 1 aliphatic heterocycles. The fourth-order valence-corrected chi connectivity index (χ4v) is 20.6. The molecule has 16 nitrogen and oxygen atoms in total. The van der Waals surface area contributed by atoms with Crippen molar-refractivity contribution in [1.29, 1.82) is 0 Å². The smallest absolute Gasteiger partial charge is 0.170 e. The van der Waals surface area contributed by atoms with E-state index < -0.39 is 0 Å². The highest BCUT2D eigenvalue weighted by molar-refractivity contribution is 7.19. The van der Waals surface area contributed by atoms with Gasteiger partial charge in [-0.25, -0.2) is 19.9 Å². The topological polar surface area (TPSA) is 233 Å². The Kier molecular flexibility index (Phi) is 39.2. The van der Waals surface area contributed by atoms with Crippen molar-refractivity contribution in [2.24, 2.45) is 10.9 Å². The number of amidine groups is 1.